The number of benzene rings is 1. The van der Waals surface area contributed by atoms with Gasteiger partial charge < -0.3 is 9.47 Å². The van der Waals surface area contributed by atoms with Gasteiger partial charge >= 0.3 is 0 Å². The molecule has 1 aromatic rings. The van der Waals surface area contributed by atoms with Crippen LogP contribution in [0.15, 0.2) is 24.3 Å². The van der Waals surface area contributed by atoms with E-state index in [2.05, 4.69) is 49.6 Å². The molecule has 0 aromatic heterocycles. The van der Waals surface area contributed by atoms with E-state index < -0.39 is 0 Å². The van der Waals surface area contributed by atoms with Crippen molar-refractivity contribution >= 4 is 0 Å². The summed E-state index contributed by atoms with van der Waals surface area (Å²) in [5, 5.41) is 0. The zero-order valence-corrected chi connectivity index (χ0v) is 14.8. The lowest BCUT2D eigenvalue weighted by molar-refractivity contribution is -0.169. The van der Waals surface area contributed by atoms with Crippen molar-refractivity contribution in [3.8, 4) is 17.6 Å². The van der Waals surface area contributed by atoms with E-state index in [-0.39, 0.29) is 17.3 Å². The topological polar surface area (TPSA) is 21.7 Å². The highest BCUT2D eigenvalue weighted by molar-refractivity contribution is 5.39. The third kappa shape index (κ3) is 3.24. The summed E-state index contributed by atoms with van der Waals surface area (Å²) in [6.45, 7) is 7.23. The van der Waals surface area contributed by atoms with Gasteiger partial charge in [0, 0.05) is 11.5 Å². The van der Waals surface area contributed by atoms with E-state index in [9.17, 15) is 0 Å². The second-order valence-electron chi connectivity index (χ2n) is 7.70. The second-order valence-corrected chi connectivity index (χ2v) is 7.70. The van der Waals surface area contributed by atoms with Crippen LogP contribution in [0.3, 0.4) is 0 Å². The molecule has 0 saturated carbocycles. The first-order chi connectivity index (χ1) is 10.8. The molecule has 0 N–H and O–H groups in total. The highest BCUT2D eigenvalue weighted by Crippen LogP contribution is 2.52. The molecule has 124 valence electrons. The molecule has 1 aromatic carbocycles. The Bertz CT molecular complexity index is 641. The van der Waals surface area contributed by atoms with E-state index in [1.54, 1.807) is 0 Å². The van der Waals surface area contributed by atoms with Crippen molar-refractivity contribution in [3.63, 3.8) is 0 Å². The standard InChI is InChI=1S/C20H27NO2/c1-19(2)16-11-13-20(3,12-8-14-21(4)5)23-18(16)15-9-6-7-10-17(15)22-19/h6-7,9-10,16,18H,11,13-14H2,1-5H3/t16-,18+,20-/m1/s1. The van der Waals surface area contributed by atoms with Crippen LogP contribution in [0.25, 0.3) is 0 Å². The Balaban J connectivity index is 1.90. The zero-order chi connectivity index (χ0) is 16.7. The average Bonchev–Trinajstić information content (AvgIpc) is 2.46. The van der Waals surface area contributed by atoms with Gasteiger partial charge in [-0.25, -0.2) is 0 Å². The Morgan fingerprint density at radius 3 is 2.70 bits per heavy atom. The number of hydrogen-bond acceptors (Lipinski definition) is 3. The SMILES string of the molecule is CN(C)CC#C[C@]1(C)CC[C@@H]2[C@@H](O1)c1ccccc1OC2(C)C. The molecule has 3 nitrogen and oxygen atoms in total. The molecule has 1 saturated heterocycles. The fourth-order valence-corrected chi connectivity index (χ4v) is 3.64. The summed E-state index contributed by atoms with van der Waals surface area (Å²) in [4.78, 5) is 2.08. The first-order valence-corrected chi connectivity index (χ1v) is 8.41. The van der Waals surface area contributed by atoms with Gasteiger partial charge in [0.1, 0.15) is 17.0 Å². The van der Waals surface area contributed by atoms with E-state index in [1.165, 1.54) is 0 Å². The molecule has 0 aliphatic carbocycles. The number of fused-ring (bicyclic) bond motifs is 3. The van der Waals surface area contributed by atoms with Crippen LogP contribution >= 0.6 is 0 Å². The van der Waals surface area contributed by atoms with Gasteiger partial charge in [0.05, 0.1) is 12.6 Å². The number of ether oxygens (including phenoxy) is 2. The Labute approximate surface area is 140 Å². The molecule has 23 heavy (non-hydrogen) atoms. The summed E-state index contributed by atoms with van der Waals surface area (Å²) in [5.41, 5.74) is 0.576. The molecule has 3 heteroatoms. The molecule has 2 aliphatic rings. The highest BCUT2D eigenvalue weighted by Gasteiger charge is 2.49. The molecule has 3 atom stereocenters. The molecular weight excluding hydrogens is 286 g/mol. The molecule has 0 spiro atoms. The minimum absolute atomic E-state index is 0.0577. The van der Waals surface area contributed by atoms with Crippen molar-refractivity contribution in [2.24, 2.45) is 5.92 Å². The number of para-hydroxylation sites is 1. The monoisotopic (exact) mass is 313 g/mol. The Morgan fingerprint density at radius 2 is 1.96 bits per heavy atom. The van der Waals surface area contributed by atoms with Gasteiger partial charge in [-0.2, -0.15) is 0 Å². The Hall–Kier alpha value is -1.50. The van der Waals surface area contributed by atoms with Gasteiger partial charge in [-0.15, -0.1) is 0 Å². The maximum absolute atomic E-state index is 6.55. The van der Waals surface area contributed by atoms with E-state index in [0.717, 1.165) is 30.7 Å². The molecule has 3 rings (SSSR count). The van der Waals surface area contributed by atoms with Crippen LogP contribution in [-0.4, -0.2) is 36.7 Å². The lowest BCUT2D eigenvalue weighted by Crippen LogP contribution is -2.50. The maximum Gasteiger partial charge on any atom is 0.126 e. The van der Waals surface area contributed by atoms with Crippen LogP contribution in [0.5, 0.6) is 5.75 Å². The average molecular weight is 313 g/mol. The lowest BCUT2D eigenvalue weighted by atomic mass is 9.73. The van der Waals surface area contributed by atoms with Crippen LogP contribution in [0.1, 0.15) is 45.3 Å². The van der Waals surface area contributed by atoms with Crippen LogP contribution in [-0.2, 0) is 4.74 Å². The normalized spacial score (nSPS) is 31.4. The summed E-state index contributed by atoms with van der Waals surface area (Å²) in [7, 11) is 4.07. The molecule has 0 amide bonds. The van der Waals surface area contributed by atoms with Crippen molar-refractivity contribution < 1.29 is 9.47 Å². The van der Waals surface area contributed by atoms with Gasteiger partial charge in [-0.05, 0) is 53.8 Å². The predicted octanol–water partition coefficient (Wildman–Crippen LogP) is 3.65. The maximum atomic E-state index is 6.55. The summed E-state index contributed by atoms with van der Waals surface area (Å²) >= 11 is 0. The number of hydrogen-bond donors (Lipinski definition) is 0. The van der Waals surface area contributed by atoms with Crippen LogP contribution in [0.4, 0.5) is 0 Å². The van der Waals surface area contributed by atoms with Gasteiger partial charge in [0.15, 0.2) is 0 Å². The largest absolute Gasteiger partial charge is 0.487 e. The fraction of sp³-hybridized carbons (Fsp3) is 0.600. The quantitative estimate of drug-likeness (QED) is 0.739. The van der Waals surface area contributed by atoms with Crippen molar-refractivity contribution in [2.45, 2.75) is 50.9 Å². The van der Waals surface area contributed by atoms with E-state index >= 15 is 0 Å². The third-order valence-corrected chi connectivity index (χ3v) is 4.92. The molecule has 0 bridgehead atoms. The van der Waals surface area contributed by atoms with Crippen molar-refractivity contribution in [1.29, 1.82) is 0 Å². The summed E-state index contributed by atoms with van der Waals surface area (Å²) < 4.78 is 12.8. The first-order valence-electron chi connectivity index (χ1n) is 8.41. The summed E-state index contributed by atoms with van der Waals surface area (Å²) in [6.07, 6.45) is 2.07. The number of rotatable bonds is 1. The summed E-state index contributed by atoms with van der Waals surface area (Å²) in [6, 6.07) is 8.25. The second kappa shape index (κ2) is 5.85. The molecule has 1 fully saturated rings. The van der Waals surface area contributed by atoms with E-state index in [1.807, 2.05) is 26.2 Å². The van der Waals surface area contributed by atoms with Gasteiger partial charge in [-0.3, -0.25) is 4.90 Å². The van der Waals surface area contributed by atoms with Crippen molar-refractivity contribution in [3.05, 3.63) is 29.8 Å². The first kappa shape index (κ1) is 16.4. The Kier molecular flexibility index (Phi) is 4.16. The molecule has 2 aliphatic heterocycles. The molecular formula is C20H27NO2. The molecule has 2 heterocycles. The van der Waals surface area contributed by atoms with Gasteiger partial charge in [0.25, 0.3) is 0 Å². The van der Waals surface area contributed by atoms with E-state index in [0.29, 0.717) is 5.92 Å². The zero-order valence-electron chi connectivity index (χ0n) is 14.8. The van der Waals surface area contributed by atoms with Crippen LogP contribution < -0.4 is 4.74 Å². The van der Waals surface area contributed by atoms with Crippen LogP contribution in [0, 0.1) is 17.8 Å². The van der Waals surface area contributed by atoms with Crippen LogP contribution in [0.2, 0.25) is 0 Å². The Morgan fingerprint density at radius 1 is 1.22 bits per heavy atom. The minimum atomic E-state index is -0.377. The summed E-state index contributed by atoms with van der Waals surface area (Å²) in [5.74, 6) is 7.93. The number of nitrogens with zero attached hydrogens (tertiary/aromatic N) is 1. The van der Waals surface area contributed by atoms with Gasteiger partial charge in [0.2, 0.25) is 0 Å². The fourth-order valence-electron chi connectivity index (χ4n) is 3.64. The minimum Gasteiger partial charge on any atom is -0.487 e. The smallest absolute Gasteiger partial charge is 0.126 e. The lowest BCUT2D eigenvalue weighted by Gasteiger charge is -2.50. The van der Waals surface area contributed by atoms with Crippen molar-refractivity contribution in [2.75, 3.05) is 20.6 Å². The molecule has 0 unspecified atom stereocenters. The third-order valence-electron chi connectivity index (χ3n) is 4.92. The highest BCUT2D eigenvalue weighted by atomic mass is 16.5. The van der Waals surface area contributed by atoms with Crippen molar-refractivity contribution in [1.82, 2.24) is 4.90 Å². The van der Waals surface area contributed by atoms with Gasteiger partial charge in [-0.1, -0.05) is 30.0 Å². The molecule has 0 radical (unpaired) electrons. The predicted molar refractivity (Wildman–Crippen MR) is 92.4 cm³/mol. The van der Waals surface area contributed by atoms with E-state index in [4.69, 9.17) is 9.47 Å².